The number of benzene rings is 1. The van der Waals surface area contributed by atoms with Crippen molar-refractivity contribution in [2.45, 2.75) is 19.5 Å². The normalized spacial score (nSPS) is 12.5. The summed E-state index contributed by atoms with van der Waals surface area (Å²) >= 11 is 1.49. The first-order chi connectivity index (χ1) is 10.8. The van der Waals surface area contributed by atoms with Gasteiger partial charge in [-0.25, -0.2) is 18.2 Å². The first-order valence-corrected chi connectivity index (χ1v) is 7.77. The highest BCUT2D eigenvalue weighted by molar-refractivity contribution is 7.15. The van der Waals surface area contributed by atoms with E-state index in [0.717, 1.165) is 27.8 Å². The van der Waals surface area contributed by atoms with Gasteiger partial charge in [0, 0.05) is 25.5 Å². The van der Waals surface area contributed by atoms with E-state index < -0.39 is 23.5 Å². The predicted octanol–water partition coefficient (Wildman–Crippen LogP) is 2.76. The van der Waals surface area contributed by atoms with E-state index >= 15 is 0 Å². The number of thiazole rings is 1. The van der Waals surface area contributed by atoms with Crippen LogP contribution in [-0.2, 0) is 6.54 Å². The highest BCUT2D eigenvalue weighted by Crippen LogP contribution is 2.25. The Kier molecular flexibility index (Phi) is 5.61. The molecule has 0 fully saturated rings. The van der Waals surface area contributed by atoms with Crippen LogP contribution in [0.15, 0.2) is 12.1 Å². The molecule has 0 aliphatic heterocycles. The lowest BCUT2D eigenvalue weighted by Gasteiger charge is -2.17. The van der Waals surface area contributed by atoms with Crippen molar-refractivity contribution in [2.75, 3.05) is 25.6 Å². The number of nitrogens with zero attached hydrogens (tertiary/aromatic N) is 2. The van der Waals surface area contributed by atoms with Crippen LogP contribution in [0.3, 0.4) is 0 Å². The molecule has 0 radical (unpaired) electrons. The number of halogens is 3. The van der Waals surface area contributed by atoms with Gasteiger partial charge in [-0.05, 0) is 24.6 Å². The number of aliphatic hydroxyl groups is 1. The summed E-state index contributed by atoms with van der Waals surface area (Å²) in [5.74, 6) is -4.06. The van der Waals surface area contributed by atoms with Crippen LogP contribution in [0.25, 0.3) is 0 Å². The van der Waals surface area contributed by atoms with Crippen molar-refractivity contribution >= 4 is 16.5 Å². The zero-order chi connectivity index (χ0) is 17.1. The number of rotatable bonds is 6. The number of aliphatic hydroxyl groups excluding tert-OH is 1. The highest BCUT2D eigenvalue weighted by atomic mass is 32.1. The van der Waals surface area contributed by atoms with Gasteiger partial charge in [-0.1, -0.05) is 0 Å². The summed E-state index contributed by atoms with van der Waals surface area (Å²) in [6, 6.07) is 1.07. The maximum Gasteiger partial charge on any atom is 0.194 e. The van der Waals surface area contributed by atoms with Gasteiger partial charge in [0.25, 0.3) is 0 Å². The maximum absolute atomic E-state index is 13.3. The molecule has 0 aliphatic rings. The van der Waals surface area contributed by atoms with E-state index in [4.69, 9.17) is 0 Å². The second-order valence-electron chi connectivity index (χ2n) is 5.31. The van der Waals surface area contributed by atoms with Crippen LogP contribution in [-0.4, -0.2) is 30.8 Å². The quantitative estimate of drug-likeness (QED) is 0.791. The summed E-state index contributed by atoms with van der Waals surface area (Å²) < 4.78 is 39.7. The number of hydrogen-bond acceptors (Lipinski definition) is 5. The number of hydrogen-bond donors (Lipinski definition) is 2. The molecule has 0 saturated heterocycles. The van der Waals surface area contributed by atoms with Gasteiger partial charge in [-0.3, -0.25) is 0 Å². The Labute approximate surface area is 136 Å². The molecule has 4 nitrogen and oxygen atoms in total. The summed E-state index contributed by atoms with van der Waals surface area (Å²) in [4.78, 5) is 7.24. The minimum atomic E-state index is -1.51. The summed E-state index contributed by atoms with van der Waals surface area (Å²) in [7, 11) is 3.77. The Balaban J connectivity index is 2.14. The van der Waals surface area contributed by atoms with Gasteiger partial charge in [0.15, 0.2) is 22.6 Å². The lowest BCUT2D eigenvalue weighted by atomic mass is 10.1. The Morgan fingerprint density at radius 1 is 1.26 bits per heavy atom. The van der Waals surface area contributed by atoms with Gasteiger partial charge in [-0.2, -0.15) is 0 Å². The largest absolute Gasteiger partial charge is 0.394 e. The fraction of sp³-hybridized carbons (Fsp3) is 0.400. The molecule has 1 aromatic carbocycles. The molecule has 2 N–H and O–H groups in total. The molecule has 0 amide bonds. The molecular weight excluding hydrogens is 327 g/mol. The van der Waals surface area contributed by atoms with Crippen LogP contribution in [0.4, 0.5) is 18.3 Å². The highest BCUT2D eigenvalue weighted by Gasteiger charge is 2.18. The monoisotopic (exact) mass is 345 g/mol. The number of nitrogens with one attached hydrogen (secondary N) is 1. The Morgan fingerprint density at radius 2 is 1.87 bits per heavy atom. The van der Waals surface area contributed by atoms with Crippen LogP contribution >= 0.6 is 11.3 Å². The van der Waals surface area contributed by atoms with Crippen molar-refractivity contribution in [3.05, 3.63) is 45.7 Å². The lowest BCUT2D eigenvalue weighted by Crippen LogP contribution is -2.24. The van der Waals surface area contributed by atoms with Crippen molar-refractivity contribution in [1.82, 2.24) is 10.3 Å². The third kappa shape index (κ3) is 4.01. The Bertz CT molecular complexity index is 668. The number of anilines is 1. The molecule has 0 spiro atoms. The van der Waals surface area contributed by atoms with Crippen LogP contribution < -0.4 is 10.2 Å². The van der Waals surface area contributed by atoms with Crippen molar-refractivity contribution in [3.8, 4) is 0 Å². The zero-order valence-electron chi connectivity index (χ0n) is 13.0. The predicted molar refractivity (Wildman–Crippen MR) is 84.2 cm³/mol. The molecule has 0 saturated carbocycles. The van der Waals surface area contributed by atoms with Gasteiger partial charge < -0.3 is 15.3 Å². The zero-order valence-corrected chi connectivity index (χ0v) is 13.8. The van der Waals surface area contributed by atoms with E-state index in [0.29, 0.717) is 6.54 Å². The number of aromatic nitrogens is 1. The Hall–Kier alpha value is -1.64. The van der Waals surface area contributed by atoms with Gasteiger partial charge >= 0.3 is 0 Å². The molecule has 2 aromatic rings. The molecule has 1 aromatic heterocycles. The van der Waals surface area contributed by atoms with Crippen LogP contribution in [0, 0.1) is 24.4 Å². The molecule has 1 atom stereocenters. The summed E-state index contributed by atoms with van der Waals surface area (Å²) in [5, 5.41) is 13.3. The number of aryl methyl sites for hydroxylation is 1. The van der Waals surface area contributed by atoms with Gasteiger partial charge in [0.05, 0.1) is 18.3 Å². The third-order valence-electron chi connectivity index (χ3n) is 3.36. The molecule has 0 aliphatic carbocycles. The smallest absolute Gasteiger partial charge is 0.194 e. The molecule has 1 heterocycles. The topological polar surface area (TPSA) is 48.4 Å². The average Bonchev–Trinajstić information content (AvgIpc) is 2.87. The fourth-order valence-electron chi connectivity index (χ4n) is 2.05. The van der Waals surface area contributed by atoms with Crippen LogP contribution in [0.5, 0.6) is 0 Å². The second-order valence-corrected chi connectivity index (χ2v) is 6.38. The van der Waals surface area contributed by atoms with E-state index in [9.17, 15) is 18.3 Å². The molecule has 8 heteroatoms. The standard InChI is InChI=1S/C15H18F3N3OS/c1-8-13(23-15(20-8)21(2)3)6-19-12(7-22)9-4-10(16)14(18)11(17)5-9/h4-5,12,19,22H,6-7H2,1-3H3. The molecule has 2 rings (SSSR count). The molecule has 126 valence electrons. The fourth-order valence-corrected chi connectivity index (χ4v) is 2.98. The molecule has 1 unspecified atom stereocenters. The van der Waals surface area contributed by atoms with Gasteiger partial charge in [0.1, 0.15) is 0 Å². The van der Waals surface area contributed by atoms with E-state index in [-0.39, 0.29) is 12.2 Å². The molecular formula is C15H18F3N3OS. The van der Waals surface area contributed by atoms with Crippen molar-refractivity contribution < 1.29 is 18.3 Å². The molecule has 0 bridgehead atoms. The summed E-state index contributed by atoms with van der Waals surface area (Å²) in [5.41, 5.74) is 0.998. The van der Waals surface area contributed by atoms with E-state index in [1.54, 1.807) is 0 Å². The van der Waals surface area contributed by atoms with Crippen molar-refractivity contribution in [2.24, 2.45) is 0 Å². The maximum atomic E-state index is 13.3. The summed E-state index contributed by atoms with van der Waals surface area (Å²) in [6.07, 6.45) is 0. The van der Waals surface area contributed by atoms with Gasteiger partial charge in [0.2, 0.25) is 0 Å². The van der Waals surface area contributed by atoms with E-state index in [1.165, 1.54) is 11.3 Å². The Morgan fingerprint density at radius 3 is 2.35 bits per heavy atom. The minimum absolute atomic E-state index is 0.152. The van der Waals surface area contributed by atoms with Crippen molar-refractivity contribution in [3.63, 3.8) is 0 Å². The minimum Gasteiger partial charge on any atom is -0.394 e. The lowest BCUT2D eigenvalue weighted by molar-refractivity contribution is 0.243. The van der Waals surface area contributed by atoms with Gasteiger partial charge in [-0.15, -0.1) is 11.3 Å². The van der Waals surface area contributed by atoms with Crippen LogP contribution in [0.1, 0.15) is 22.2 Å². The van der Waals surface area contributed by atoms with E-state index in [2.05, 4.69) is 10.3 Å². The van der Waals surface area contributed by atoms with Crippen molar-refractivity contribution in [1.29, 1.82) is 0 Å². The van der Waals surface area contributed by atoms with E-state index in [1.807, 2.05) is 25.9 Å². The first kappa shape index (κ1) is 17.7. The second kappa shape index (κ2) is 7.29. The third-order valence-corrected chi connectivity index (χ3v) is 4.69. The van der Waals surface area contributed by atoms with Crippen LogP contribution in [0.2, 0.25) is 0 Å². The SMILES string of the molecule is Cc1nc(N(C)C)sc1CNC(CO)c1cc(F)c(F)c(F)c1. The molecule has 23 heavy (non-hydrogen) atoms. The average molecular weight is 345 g/mol. The first-order valence-electron chi connectivity index (χ1n) is 6.95. The summed E-state index contributed by atoms with van der Waals surface area (Å²) in [6.45, 7) is 1.87.